The van der Waals surface area contributed by atoms with Crippen molar-refractivity contribution in [1.29, 1.82) is 0 Å². The average Bonchev–Trinajstić information content (AvgIpc) is 2.97. The molecule has 2 rings (SSSR count). The van der Waals surface area contributed by atoms with Crippen LogP contribution in [0.4, 0.5) is 5.13 Å². The second-order valence-corrected chi connectivity index (χ2v) is 4.90. The largest absolute Gasteiger partial charge is 0.493 e. The third kappa shape index (κ3) is 3.48. The fraction of sp³-hybridized carbons (Fsp3) is 0.286. The van der Waals surface area contributed by atoms with E-state index in [2.05, 4.69) is 10.3 Å². The maximum Gasteiger partial charge on any atom is 0.257 e. The SMILES string of the molecule is CCCOc1ccc(C(=O)Nc2nccs2)cc1OC. The third-order valence-electron chi connectivity index (χ3n) is 2.54. The minimum atomic E-state index is -0.222. The van der Waals surface area contributed by atoms with Gasteiger partial charge < -0.3 is 9.47 Å². The van der Waals surface area contributed by atoms with Crippen LogP contribution in [0, 0.1) is 0 Å². The fourth-order valence-electron chi connectivity index (χ4n) is 1.59. The van der Waals surface area contributed by atoms with Gasteiger partial charge >= 0.3 is 0 Å². The molecule has 1 aromatic carbocycles. The van der Waals surface area contributed by atoms with Crippen LogP contribution in [0.15, 0.2) is 29.8 Å². The number of amides is 1. The van der Waals surface area contributed by atoms with Crippen molar-refractivity contribution in [3.8, 4) is 11.5 Å². The van der Waals surface area contributed by atoms with E-state index < -0.39 is 0 Å². The van der Waals surface area contributed by atoms with Crippen LogP contribution in [0.25, 0.3) is 0 Å². The van der Waals surface area contributed by atoms with Crippen molar-refractivity contribution in [3.05, 3.63) is 35.3 Å². The van der Waals surface area contributed by atoms with Gasteiger partial charge in [-0.2, -0.15) is 0 Å². The summed E-state index contributed by atoms with van der Waals surface area (Å²) >= 11 is 1.37. The predicted molar refractivity (Wildman–Crippen MR) is 78.8 cm³/mol. The molecule has 2 aromatic rings. The van der Waals surface area contributed by atoms with Gasteiger partial charge in [-0.25, -0.2) is 4.98 Å². The van der Waals surface area contributed by atoms with Crippen LogP contribution in [-0.2, 0) is 0 Å². The molecular weight excluding hydrogens is 276 g/mol. The van der Waals surface area contributed by atoms with E-state index >= 15 is 0 Å². The van der Waals surface area contributed by atoms with Gasteiger partial charge in [-0.05, 0) is 24.6 Å². The highest BCUT2D eigenvalue weighted by molar-refractivity contribution is 7.13. The lowest BCUT2D eigenvalue weighted by molar-refractivity contribution is 0.102. The van der Waals surface area contributed by atoms with Crippen molar-refractivity contribution in [3.63, 3.8) is 0 Å². The number of hydrogen-bond donors (Lipinski definition) is 1. The summed E-state index contributed by atoms with van der Waals surface area (Å²) in [4.78, 5) is 16.1. The van der Waals surface area contributed by atoms with E-state index in [1.165, 1.54) is 11.3 Å². The number of methoxy groups -OCH3 is 1. The highest BCUT2D eigenvalue weighted by Gasteiger charge is 2.12. The Kier molecular flexibility index (Phi) is 4.95. The number of carbonyl (C=O) groups is 1. The lowest BCUT2D eigenvalue weighted by atomic mass is 10.2. The summed E-state index contributed by atoms with van der Waals surface area (Å²) in [6.07, 6.45) is 2.55. The number of nitrogens with one attached hydrogen (secondary N) is 1. The molecule has 20 heavy (non-hydrogen) atoms. The molecule has 0 radical (unpaired) electrons. The van der Waals surface area contributed by atoms with E-state index in [-0.39, 0.29) is 5.91 Å². The molecule has 0 atom stereocenters. The Hall–Kier alpha value is -2.08. The number of ether oxygens (including phenoxy) is 2. The Morgan fingerprint density at radius 1 is 1.40 bits per heavy atom. The molecule has 0 saturated heterocycles. The number of rotatable bonds is 6. The molecule has 5 nitrogen and oxygen atoms in total. The molecule has 0 unspecified atom stereocenters. The molecular formula is C14H16N2O3S. The lowest BCUT2D eigenvalue weighted by Crippen LogP contribution is -2.12. The standard InChI is InChI=1S/C14H16N2O3S/c1-3-7-19-11-5-4-10(9-12(11)18-2)13(17)16-14-15-6-8-20-14/h4-6,8-9H,3,7H2,1-2H3,(H,15,16,17). The van der Waals surface area contributed by atoms with Gasteiger partial charge in [-0.15, -0.1) is 11.3 Å². The smallest absolute Gasteiger partial charge is 0.257 e. The van der Waals surface area contributed by atoms with E-state index in [0.717, 1.165) is 6.42 Å². The van der Waals surface area contributed by atoms with E-state index in [0.29, 0.717) is 28.8 Å². The summed E-state index contributed by atoms with van der Waals surface area (Å²) in [5.74, 6) is 0.964. The quantitative estimate of drug-likeness (QED) is 0.888. The Morgan fingerprint density at radius 2 is 2.25 bits per heavy atom. The first-order valence-corrected chi connectivity index (χ1v) is 7.14. The molecule has 0 aliphatic heterocycles. The van der Waals surface area contributed by atoms with E-state index in [9.17, 15) is 4.79 Å². The van der Waals surface area contributed by atoms with Crippen molar-refractivity contribution in [1.82, 2.24) is 4.98 Å². The van der Waals surface area contributed by atoms with Crippen LogP contribution in [0.3, 0.4) is 0 Å². The zero-order valence-electron chi connectivity index (χ0n) is 11.4. The maximum atomic E-state index is 12.1. The Bertz CT molecular complexity index is 570. The third-order valence-corrected chi connectivity index (χ3v) is 3.23. The second kappa shape index (κ2) is 6.91. The molecule has 0 aliphatic rings. The number of thiazole rings is 1. The van der Waals surface area contributed by atoms with Crippen molar-refractivity contribution >= 4 is 22.4 Å². The molecule has 0 spiro atoms. The minimum absolute atomic E-state index is 0.222. The van der Waals surface area contributed by atoms with E-state index in [1.807, 2.05) is 6.92 Å². The van der Waals surface area contributed by atoms with Gasteiger partial charge in [0.1, 0.15) is 0 Å². The first-order valence-electron chi connectivity index (χ1n) is 6.26. The number of aromatic nitrogens is 1. The van der Waals surface area contributed by atoms with Crippen molar-refractivity contribution < 1.29 is 14.3 Å². The molecule has 6 heteroatoms. The van der Waals surface area contributed by atoms with Crippen molar-refractivity contribution in [2.24, 2.45) is 0 Å². The monoisotopic (exact) mass is 292 g/mol. The first kappa shape index (κ1) is 14.3. The van der Waals surface area contributed by atoms with Gasteiger partial charge in [0.15, 0.2) is 16.6 Å². The predicted octanol–water partition coefficient (Wildman–Crippen LogP) is 3.19. The van der Waals surface area contributed by atoms with Gasteiger partial charge in [0.2, 0.25) is 0 Å². The van der Waals surface area contributed by atoms with Gasteiger partial charge in [0.25, 0.3) is 5.91 Å². The van der Waals surface area contributed by atoms with Gasteiger partial charge in [0, 0.05) is 17.1 Å². The summed E-state index contributed by atoms with van der Waals surface area (Å²) in [5.41, 5.74) is 0.501. The molecule has 0 fully saturated rings. The Morgan fingerprint density at radius 3 is 2.90 bits per heavy atom. The zero-order valence-corrected chi connectivity index (χ0v) is 12.2. The van der Waals surface area contributed by atoms with Crippen molar-refractivity contribution in [2.75, 3.05) is 19.0 Å². The highest BCUT2D eigenvalue weighted by Crippen LogP contribution is 2.28. The number of carbonyl (C=O) groups excluding carboxylic acids is 1. The Balaban J connectivity index is 2.14. The summed E-state index contributed by atoms with van der Waals surface area (Å²) in [6.45, 7) is 2.64. The van der Waals surface area contributed by atoms with E-state index in [4.69, 9.17) is 9.47 Å². The molecule has 0 bridgehead atoms. The topological polar surface area (TPSA) is 60.5 Å². The molecule has 0 aliphatic carbocycles. The van der Waals surface area contributed by atoms with Crippen LogP contribution >= 0.6 is 11.3 Å². The van der Waals surface area contributed by atoms with Gasteiger partial charge in [-0.1, -0.05) is 6.92 Å². The average molecular weight is 292 g/mol. The number of hydrogen-bond acceptors (Lipinski definition) is 5. The van der Waals surface area contributed by atoms with Crippen LogP contribution in [-0.4, -0.2) is 24.6 Å². The molecule has 1 amide bonds. The normalized spacial score (nSPS) is 10.1. The van der Waals surface area contributed by atoms with Crippen LogP contribution in [0.2, 0.25) is 0 Å². The lowest BCUT2D eigenvalue weighted by Gasteiger charge is -2.11. The molecule has 1 N–H and O–H groups in total. The number of anilines is 1. The molecule has 1 aromatic heterocycles. The zero-order chi connectivity index (χ0) is 14.4. The van der Waals surface area contributed by atoms with E-state index in [1.54, 1.807) is 36.9 Å². The van der Waals surface area contributed by atoms with Crippen molar-refractivity contribution in [2.45, 2.75) is 13.3 Å². The molecule has 106 valence electrons. The maximum absolute atomic E-state index is 12.1. The van der Waals surface area contributed by atoms with Gasteiger partial charge in [0.05, 0.1) is 13.7 Å². The summed E-state index contributed by atoms with van der Waals surface area (Å²) < 4.78 is 10.8. The van der Waals surface area contributed by atoms with Crippen LogP contribution in [0.5, 0.6) is 11.5 Å². The Labute approximate surface area is 121 Å². The highest BCUT2D eigenvalue weighted by atomic mass is 32.1. The fourth-order valence-corrected chi connectivity index (χ4v) is 2.12. The molecule has 1 heterocycles. The number of benzene rings is 1. The first-order chi connectivity index (χ1) is 9.74. The van der Waals surface area contributed by atoms with Crippen LogP contribution < -0.4 is 14.8 Å². The summed E-state index contributed by atoms with van der Waals surface area (Å²) in [6, 6.07) is 5.11. The summed E-state index contributed by atoms with van der Waals surface area (Å²) in [5, 5.41) is 5.10. The van der Waals surface area contributed by atoms with Crippen LogP contribution in [0.1, 0.15) is 23.7 Å². The minimum Gasteiger partial charge on any atom is -0.493 e. The summed E-state index contributed by atoms with van der Waals surface area (Å²) in [7, 11) is 1.55. The second-order valence-electron chi connectivity index (χ2n) is 4.01. The van der Waals surface area contributed by atoms with Gasteiger partial charge in [-0.3, -0.25) is 10.1 Å². The number of nitrogens with zero attached hydrogens (tertiary/aromatic N) is 1. The molecule has 0 saturated carbocycles.